The van der Waals surface area contributed by atoms with E-state index in [0.29, 0.717) is 17.9 Å². The van der Waals surface area contributed by atoms with Gasteiger partial charge in [-0.1, -0.05) is 30.3 Å². The summed E-state index contributed by atoms with van der Waals surface area (Å²) in [6.07, 6.45) is 2.86. The van der Waals surface area contributed by atoms with Crippen molar-refractivity contribution < 1.29 is 9.59 Å². The molecule has 31 heavy (non-hydrogen) atoms. The average Bonchev–Trinajstić information content (AvgIpc) is 3.32. The standard InChI is InChI=1S/C21H24N8O2/c1-15(29-14-23-13-26-29)20(31)28-18-9-7-17(8-10-18)27-19(30)12-25-21(22)24-11-16-5-3-2-4-6-16/h2-10,13-15H,11-12H2,1H3,(H,27,30)(H,28,31)(H3,22,24,25)/t15-/m1/s1. The number of nitrogens with zero attached hydrogens (tertiary/aromatic N) is 4. The zero-order valence-corrected chi connectivity index (χ0v) is 17.0. The van der Waals surface area contributed by atoms with Gasteiger partial charge in [0, 0.05) is 11.4 Å². The largest absolute Gasteiger partial charge is 0.370 e. The first-order valence-electron chi connectivity index (χ1n) is 9.64. The SMILES string of the molecule is C[C@H](C(=O)Nc1ccc(NC(=O)CNC(N)=NCc2ccccc2)cc1)n1cncn1. The van der Waals surface area contributed by atoms with Crippen LogP contribution in [0.3, 0.4) is 0 Å². The number of nitrogens with two attached hydrogens (primary N) is 1. The number of rotatable bonds is 8. The van der Waals surface area contributed by atoms with Gasteiger partial charge in [0.2, 0.25) is 11.8 Å². The minimum absolute atomic E-state index is 0.0158. The maximum Gasteiger partial charge on any atom is 0.249 e. The van der Waals surface area contributed by atoms with Crippen LogP contribution in [0.15, 0.2) is 72.2 Å². The molecule has 160 valence electrons. The maximum absolute atomic E-state index is 12.3. The summed E-state index contributed by atoms with van der Waals surface area (Å²) in [7, 11) is 0. The Morgan fingerprint density at radius 1 is 1.06 bits per heavy atom. The summed E-state index contributed by atoms with van der Waals surface area (Å²) in [4.78, 5) is 32.4. The Hall–Kier alpha value is -4.21. The van der Waals surface area contributed by atoms with Crippen molar-refractivity contribution in [2.45, 2.75) is 19.5 Å². The van der Waals surface area contributed by atoms with E-state index in [0.717, 1.165) is 5.56 Å². The highest BCUT2D eigenvalue weighted by atomic mass is 16.2. The molecule has 10 heteroatoms. The van der Waals surface area contributed by atoms with E-state index in [1.807, 2.05) is 30.3 Å². The Morgan fingerprint density at radius 3 is 2.39 bits per heavy atom. The van der Waals surface area contributed by atoms with E-state index in [1.165, 1.54) is 17.3 Å². The molecule has 5 N–H and O–H groups in total. The van der Waals surface area contributed by atoms with Crippen LogP contribution < -0.4 is 21.7 Å². The monoisotopic (exact) mass is 420 g/mol. The summed E-state index contributed by atoms with van der Waals surface area (Å²) < 4.78 is 1.46. The molecule has 3 rings (SSSR count). The fourth-order valence-electron chi connectivity index (χ4n) is 2.61. The average molecular weight is 420 g/mol. The predicted octanol–water partition coefficient (Wildman–Crippen LogP) is 1.52. The number of anilines is 2. The van der Waals surface area contributed by atoms with Gasteiger partial charge in [-0.05, 0) is 36.8 Å². The number of guanidine groups is 1. The summed E-state index contributed by atoms with van der Waals surface area (Å²) in [6.45, 7) is 2.14. The third kappa shape index (κ3) is 6.67. The van der Waals surface area contributed by atoms with E-state index >= 15 is 0 Å². The van der Waals surface area contributed by atoms with E-state index in [9.17, 15) is 9.59 Å². The van der Waals surface area contributed by atoms with Gasteiger partial charge >= 0.3 is 0 Å². The van der Waals surface area contributed by atoms with Crippen LogP contribution in [-0.2, 0) is 16.1 Å². The van der Waals surface area contributed by atoms with Gasteiger partial charge in [0.1, 0.15) is 18.7 Å². The Labute approximate surface area is 179 Å². The predicted molar refractivity (Wildman–Crippen MR) is 118 cm³/mol. The first kappa shape index (κ1) is 21.5. The number of nitrogens with one attached hydrogen (secondary N) is 3. The molecule has 1 atom stereocenters. The molecule has 0 aliphatic rings. The van der Waals surface area contributed by atoms with Crippen molar-refractivity contribution in [1.29, 1.82) is 0 Å². The lowest BCUT2D eigenvalue weighted by molar-refractivity contribution is -0.119. The van der Waals surface area contributed by atoms with Crippen LogP contribution in [0.5, 0.6) is 0 Å². The molecule has 0 aliphatic carbocycles. The lowest BCUT2D eigenvalue weighted by Gasteiger charge is -2.12. The molecule has 3 aromatic rings. The van der Waals surface area contributed by atoms with Gasteiger partial charge in [-0.15, -0.1) is 0 Å². The van der Waals surface area contributed by atoms with Gasteiger partial charge in [-0.3, -0.25) is 9.59 Å². The van der Waals surface area contributed by atoms with Crippen LogP contribution >= 0.6 is 0 Å². The van der Waals surface area contributed by atoms with Crippen LogP contribution in [0.1, 0.15) is 18.5 Å². The molecular weight excluding hydrogens is 396 g/mol. The second kappa shape index (κ2) is 10.5. The van der Waals surface area contributed by atoms with Crippen molar-refractivity contribution >= 4 is 29.1 Å². The quantitative estimate of drug-likeness (QED) is 0.322. The molecule has 0 fully saturated rings. The molecule has 0 bridgehead atoms. The van der Waals surface area contributed by atoms with Crippen molar-refractivity contribution in [2.24, 2.45) is 10.7 Å². The van der Waals surface area contributed by atoms with Gasteiger partial charge in [0.25, 0.3) is 0 Å². The number of hydrogen-bond donors (Lipinski definition) is 4. The summed E-state index contributed by atoms with van der Waals surface area (Å²) in [5.41, 5.74) is 8.02. The highest BCUT2D eigenvalue weighted by Crippen LogP contribution is 2.15. The lowest BCUT2D eigenvalue weighted by Crippen LogP contribution is -2.37. The van der Waals surface area contributed by atoms with Crippen LogP contribution in [0, 0.1) is 0 Å². The second-order valence-electron chi connectivity index (χ2n) is 6.71. The van der Waals surface area contributed by atoms with Crippen LogP contribution in [0.2, 0.25) is 0 Å². The van der Waals surface area contributed by atoms with Gasteiger partial charge in [-0.2, -0.15) is 5.10 Å². The van der Waals surface area contributed by atoms with Gasteiger partial charge in [0.05, 0.1) is 13.1 Å². The number of aliphatic imine (C=N–C) groups is 1. The first-order valence-corrected chi connectivity index (χ1v) is 9.64. The smallest absolute Gasteiger partial charge is 0.249 e. The maximum atomic E-state index is 12.3. The van der Waals surface area contributed by atoms with E-state index in [4.69, 9.17) is 5.73 Å². The normalized spacial score (nSPS) is 12.1. The van der Waals surface area contributed by atoms with Crippen molar-refractivity contribution in [3.63, 3.8) is 0 Å². The fourth-order valence-corrected chi connectivity index (χ4v) is 2.61. The number of amides is 2. The topological polar surface area (TPSA) is 139 Å². The minimum Gasteiger partial charge on any atom is -0.370 e. The van der Waals surface area contributed by atoms with Crippen molar-refractivity contribution in [3.05, 3.63) is 72.8 Å². The number of carbonyl (C=O) groups excluding carboxylic acids is 2. The Balaban J connectivity index is 1.43. The Bertz CT molecular complexity index is 1020. The van der Waals surface area contributed by atoms with Crippen molar-refractivity contribution in [1.82, 2.24) is 20.1 Å². The number of benzene rings is 2. The zero-order valence-electron chi connectivity index (χ0n) is 17.0. The minimum atomic E-state index is -0.498. The Morgan fingerprint density at radius 2 is 1.74 bits per heavy atom. The van der Waals surface area contributed by atoms with E-state index in [-0.39, 0.29) is 24.3 Å². The summed E-state index contributed by atoms with van der Waals surface area (Å²) in [5.74, 6) is -0.301. The van der Waals surface area contributed by atoms with E-state index in [2.05, 4.69) is 31.0 Å². The molecule has 0 spiro atoms. The van der Waals surface area contributed by atoms with Crippen molar-refractivity contribution in [3.8, 4) is 0 Å². The Kier molecular flexibility index (Phi) is 7.30. The molecule has 0 saturated carbocycles. The second-order valence-corrected chi connectivity index (χ2v) is 6.71. The number of hydrogen-bond acceptors (Lipinski definition) is 5. The van der Waals surface area contributed by atoms with Crippen LogP contribution in [0.4, 0.5) is 11.4 Å². The van der Waals surface area contributed by atoms with Gasteiger partial charge in [-0.25, -0.2) is 14.7 Å². The summed E-state index contributed by atoms with van der Waals surface area (Å²) in [5, 5.41) is 12.3. The molecule has 0 saturated heterocycles. The third-order valence-electron chi connectivity index (χ3n) is 4.35. The van der Waals surface area contributed by atoms with Crippen LogP contribution in [-0.4, -0.2) is 39.1 Å². The number of carbonyl (C=O) groups is 2. The van der Waals surface area contributed by atoms with E-state index < -0.39 is 6.04 Å². The fraction of sp³-hybridized carbons (Fsp3) is 0.190. The molecule has 10 nitrogen and oxygen atoms in total. The molecular formula is C21H24N8O2. The van der Waals surface area contributed by atoms with E-state index in [1.54, 1.807) is 31.2 Å². The molecule has 0 unspecified atom stereocenters. The number of aromatic nitrogens is 3. The van der Waals surface area contributed by atoms with Gasteiger partial charge < -0.3 is 21.7 Å². The third-order valence-corrected chi connectivity index (χ3v) is 4.35. The molecule has 0 radical (unpaired) electrons. The highest BCUT2D eigenvalue weighted by molar-refractivity contribution is 5.96. The molecule has 1 aromatic heterocycles. The molecule has 1 heterocycles. The molecule has 2 amide bonds. The first-order chi connectivity index (χ1) is 15.0. The lowest BCUT2D eigenvalue weighted by atomic mass is 10.2. The van der Waals surface area contributed by atoms with Crippen molar-refractivity contribution in [2.75, 3.05) is 17.2 Å². The molecule has 0 aliphatic heterocycles. The zero-order chi connectivity index (χ0) is 22.1. The highest BCUT2D eigenvalue weighted by Gasteiger charge is 2.15. The van der Waals surface area contributed by atoms with Crippen LogP contribution in [0.25, 0.3) is 0 Å². The molecule has 2 aromatic carbocycles. The summed E-state index contributed by atoms with van der Waals surface area (Å²) in [6, 6.07) is 16.0. The van der Waals surface area contributed by atoms with Gasteiger partial charge in [0.15, 0.2) is 5.96 Å². The summed E-state index contributed by atoms with van der Waals surface area (Å²) >= 11 is 0.